The summed E-state index contributed by atoms with van der Waals surface area (Å²) >= 11 is 1.24. The van der Waals surface area contributed by atoms with Gasteiger partial charge in [0.15, 0.2) is 0 Å². The zero-order valence-electron chi connectivity index (χ0n) is 7.44. The van der Waals surface area contributed by atoms with Crippen LogP contribution in [0.25, 0.3) is 0 Å². The topological polar surface area (TPSA) is 29.1 Å². The summed E-state index contributed by atoms with van der Waals surface area (Å²) in [4.78, 5) is 10.7. The van der Waals surface area contributed by atoms with Crippen molar-refractivity contribution in [1.29, 1.82) is 0 Å². The van der Waals surface area contributed by atoms with E-state index in [0.717, 1.165) is 16.7 Å². The number of hydrogen-bond acceptors (Lipinski definition) is 1. The van der Waals surface area contributed by atoms with E-state index in [0.29, 0.717) is 0 Å². The molecule has 11 heavy (non-hydrogen) atoms. The van der Waals surface area contributed by atoms with E-state index in [2.05, 4.69) is 12.2 Å². The number of carbonyl (C=O) groups is 1. The average molecular weight is 326 g/mol. The van der Waals surface area contributed by atoms with E-state index in [1.54, 1.807) is 7.05 Å². The minimum absolute atomic E-state index is 0.0636. The molecule has 66 valence electrons. The van der Waals surface area contributed by atoms with Crippen LogP contribution in [-0.4, -0.2) is 16.9 Å². The van der Waals surface area contributed by atoms with Crippen LogP contribution in [0.5, 0.6) is 0 Å². The third kappa shape index (κ3) is 7.93. The molecular formula is C8H16NOW-. The third-order valence-electron chi connectivity index (χ3n) is 0.884. The normalized spacial score (nSPS) is 7.64. The molecule has 0 spiro atoms. The van der Waals surface area contributed by atoms with Crippen LogP contribution in [-0.2, 0) is 24.1 Å². The van der Waals surface area contributed by atoms with Crippen LogP contribution in [0.3, 0.4) is 0 Å². The van der Waals surface area contributed by atoms with Gasteiger partial charge in [-0.3, -0.25) is 0 Å². The van der Waals surface area contributed by atoms with Crippen LogP contribution >= 0.6 is 0 Å². The molecule has 0 fully saturated rings. The zero-order valence-corrected chi connectivity index (χ0v) is 10.4. The molecule has 0 aromatic rings. The number of nitrogens with one attached hydrogen (secondary N) is 1. The second-order valence-corrected chi connectivity index (χ2v) is 3.38. The Balaban J connectivity index is 0. The molecule has 1 N–H and O–H groups in total. The molecule has 0 aliphatic rings. The molecule has 0 saturated heterocycles. The van der Waals surface area contributed by atoms with Crippen LogP contribution in [0.1, 0.15) is 26.7 Å². The molecule has 0 aliphatic heterocycles. The van der Waals surface area contributed by atoms with E-state index in [1.165, 1.54) is 19.4 Å². The quantitative estimate of drug-likeness (QED) is 0.773. The van der Waals surface area contributed by atoms with Gasteiger partial charge in [0.25, 0.3) is 0 Å². The molecule has 1 amide bonds. The molecule has 0 atom stereocenters. The van der Waals surface area contributed by atoms with Gasteiger partial charge in [0.2, 0.25) is 0 Å². The average Bonchev–Trinajstić information content (AvgIpc) is 2.07. The maximum absolute atomic E-state index is 10.7. The molecule has 0 aliphatic carbocycles. The van der Waals surface area contributed by atoms with Crippen molar-refractivity contribution in [1.82, 2.24) is 5.32 Å². The Hall–Kier alpha value is 0.0283. The Morgan fingerprint density at radius 3 is 2.27 bits per heavy atom. The standard InChI is InChI=1S/C6H10NO.C2H6.W/c1-3-4-5-6(8)7-2;1-2;/h1,3-4H2,2H3,(H,7,8);1-2H3;/q-1;;. The molecule has 0 rings (SSSR count). The van der Waals surface area contributed by atoms with Crippen LogP contribution in [0.15, 0.2) is 0 Å². The summed E-state index contributed by atoms with van der Waals surface area (Å²) in [6.45, 7) is 7.65. The van der Waals surface area contributed by atoms with Crippen molar-refractivity contribution in [3.63, 3.8) is 0 Å². The first kappa shape index (κ1) is 13.6. The van der Waals surface area contributed by atoms with Gasteiger partial charge in [-0.1, -0.05) is 13.8 Å². The van der Waals surface area contributed by atoms with E-state index < -0.39 is 0 Å². The van der Waals surface area contributed by atoms with E-state index in [1.807, 2.05) is 13.8 Å². The predicted octanol–water partition coefficient (Wildman–Crippen LogP) is 1.09. The first-order chi connectivity index (χ1) is 5.22. The molecule has 0 radical (unpaired) electrons. The van der Waals surface area contributed by atoms with Gasteiger partial charge in [-0.2, -0.15) is 0 Å². The van der Waals surface area contributed by atoms with Crippen molar-refractivity contribution in [2.45, 2.75) is 26.7 Å². The fourth-order valence-electron chi connectivity index (χ4n) is 0.414. The summed E-state index contributed by atoms with van der Waals surface area (Å²) in [6.07, 6.45) is 1.64. The van der Waals surface area contributed by atoms with Crippen molar-refractivity contribution < 1.29 is 24.1 Å². The van der Waals surface area contributed by atoms with Gasteiger partial charge in [0.05, 0.1) is 0 Å². The second kappa shape index (κ2) is 10.0. The first-order valence-electron chi connectivity index (χ1n) is 3.76. The van der Waals surface area contributed by atoms with Gasteiger partial charge in [-0.05, 0) is 0 Å². The van der Waals surface area contributed by atoms with Crippen molar-refractivity contribution in [3.05, 3.63) is 6.92 Å². The molecule has 0 aromatic heterocycles. The Labute approximate surface area is 80.2 Å². The number of amides is 1. The first-order valence-corrected chi connectivity index (χ1v) is 5.23. The number of rotatable bonds is 3. The Kier molecular flexibility index (Phi) is 12.4. The Bertz CT molecular complexity index is 123. The molecule has 0 aromatic carbocycles. The summed E-state index contributed by atoms with van der Waals surface area (Å²) < 4.78 is 0.938. The minimum atomic E-state index is 0.0636. The van der Waals surface area contributed by atoms with Crippen molar-refractivity contribution in [2.75, 3.05) is 7.05 Å². The third-order valence-corrected chi connectivity index (χ3v) is 2.28. The van der Waals surface area contributed by atoms with E-state index in [9.17, 15) is 4.79 Å². The second-order valence-electron chi connectivity index (χ2n) is 1.61. The number of hydrogen-bond donors (Lipinski definition) is 1. The molecule has 0 bridgehead atoms. The fourth-order valence-corrected chi connectivity index (χ4v) is 1.30. The molecule has 2 nitrogen and oxygen atoms in total. The van der Waals surface area contributed by atoms with Crippen LogP contribution in [0.2, 0.25) is 0 Å². The van der Waals surface area contributed by atoms with Crippen molar-refractivity contribution >= 4 is 9.81 Å². The Morgan fingerprint density at radius 1 is 1.55 bits per heavy atom. The van der Waals surface area contributed by atoms with Crippen molar-refractivity contribution in [3.8, 4) is 0 Å². The van der Waals surface area contributed by atoms with Gasteiger partial charge in [0, 0.05) is 0 Å². The van der Waals surface area contributed by atoms with E-state index in [-0.39, 0.29) is 5.91 Å². The summed E-state index contributed by atoms with van der Waals surface area (Å²) in [5.74, 6) is 0.0636. The molecular weight excluding hydrogens is 310 g/mol. The number of carbonyl (C=O) groups excluding carboxylic acids is 1. The van der Waals surface area contributed by atoms with Gasteiger partial charge in [-0.15, -0.1) is 0 Å². The van der Waals surface area contributed by atoms with Gasteiger partial charge < -0.3 is 0 Å². The summed E-state index contributed by atoms with van der Waals surface area (Å²) in [7, 11) is 1.65. The Morgan fingerprint density at radius 2 is 2.00 bits per heavy atom. The summed E-state index contributed by atoms with van der Waals surface area (Å²) in [5, 5.41) is 2.57. The van der Waals surface area contributed by atoms with Crippen LogP contribution < -0.4 is 5.32 Å². The van der Waals surface area contributed by atoms with Gasteiger partial charge in [-0.25, -0.2) is 0 Å². The van der Waals surface area contributed by atoms with E-state index in [4.69, 9.17) is 0 Å². The maximum atomic E-state index is 10.7. The monoisotopic (exact) mass is 326 g/mol. The van der Waals surface area contributed by atoms with Crippen LogP contribution in [0, 0.1) is 6.92 Å². The fraction of sp³-hybridized carbons (Fsp3) is 0.625. The van der Waals surface area contributed by atoms with Crippen LogP contribution in [0.4, 0.5) is 0 Å². The summed E-state index contributed by atoms with van der Waals surface area (Å²) in [6, 6.07) is 0. The van der Waals surface area contributed by atoms with Crippen molar-refractivity contribution in [2.24, 2.45) is 0 Å². The molecule has 3 heteroatoms. The molecule has 0 saturated carbocycles. The SMILES string of the molecule is CC.[CH2-]CC[C](=[W])C(=O)NC. The van der Waals surface area contributed by atoms with Gasteiger partial charge in [0.1, 0.15) is 0 Å². The molecule has 0 unspecified atom stereocenters. The van der Waals surface area contributed by atoms with E-state index >= 15 is 0 Å². The van der Waals surface area contributed by atoms with Gasteiger partial charge >= 0.3 is 66.1 Å². The summed E-state index contributed by atoms with van der Waals surface area (Å²) in [5.41, 5.74) is 0. The predicted molar refractivity (Wildman–Crippen MR) is 45.0 cm³/mol. The molecule has 0 heterocycles. The zero-order chi connectivity index (χ0) is 9.28.